The number of alkyl carbamates (subject to hydrolysis) is 1. The van der Waals surface area contributed by atoms with Crippen LogP contribution in [0, 0.1) is 19.5 Å². The van der Waals surface area contributed by atoms with Crippen molar-refractivity contribution in [2.24, 2.45) is 0 Å². The Balaban J connectivity index is 2.91. The quantitative estimate of drug-likeness (QED) is 0.136. The molecule has 1 aromatic rings. The molecule has 0 spiro atoms. The van der Waals surface area contributed by atoms with Crippen LogP contribution in [0.5, 0.6) is 5.75 Å². The molecule has 13 heteroatoms. The predicted octanol–water partition coefficient (Wildman–Crippen LogP) is 1.89. The summed E-state index contributed by atoms with van der Waals surface area (Å²) in [5.41, 5.74) is -0.312. The summed E-state index contributed by atoms with van der Waals surface area (Å²) < 4.78 is 22.0. The minimum absolute atomic E-state index is 0.0828. The summed E-state index contributed by atoms with van der Waals surface area (Å²) in [6.07, 6.45) is 4.31. The lowest BCUT2D eigenvalue weighted by atomic mass is 10.1. The van der Waals surface area contributed by atoms with E-state index in [0.29, 0.717) is 11.3 Å². The number of hydrogen-bond acceptors (Lipinski definition) is 8. The van der Waals surface area contributed by atoms with Crippen LogP contribution in [0.2, 0.25) is 0 Å². The minimum atomic E-state index is -1.18. The maximum atomic E-state index is 12.6. The SMILES string of the molecule is C#CCOC[C@H](NC(=O)OC(C)(C)C)C(=O)NCC(=O)N[C@H](C(=O)OC)c1cc(I)c(OC)c(I)c1. The summed E-state index contributed by atoms with van der Waals surface area (Å²) in [6, 6.07) is 1.07. The third kappa shape index (κ3) is 10.7. The number of amides is 3. The van der Waals surface area contributed by atoms with Crippen molar-refractivity contribution in [1.29, 1.82) is 0 Å². The van der Waals surface area contributed by atoms with E-state index in [1.165, 1.54) is 14.2 Å². The molecule has 0 heterocycles. The highest BCUT2D eigenvalue weighted by atomic mass is 127. The highest BCUT2D eigenvalue weighted by molar-refractivity contribution is 14.1. The number of hydrogen-bond donors (Lipinski definition) is 3. The fraction of sp³-hybridized carbons (Fsp3) is 0.478. The van der Waals surface area contributed by atoms with E-state index in [-0.39, 0.29) is 13.2 Å². The van der Waals surface area contributed by atoms with Gasteiger partial charge < -0.3 is 34.9 Å². The number of carbonyl (C=O) groups excluding carboxylic acids is 4. The molecular weight excluding hydrogens is 700 g/mol. The topological polar surface area (TPSA) is 141 Å². The lowest BCUT2D eigenvalue weighted by Gasteiger charge is -2.23. The van der Waals surface area contributed by atoms with Crippen molar-refractivity contribution >= 4 is 69.1 Å². The molecule has 3 amide bonds. The second-order valence-electron chi connectivity index (χ2n) is 8.18. The van der Waals surface area contributed by atoms with E-state index in [4.69, 9.17) is 25.4 Å². The van der Waals surface area contributed by atoms with Gasteiger partial charge in [0.1, 0.15) is 24.0 Å². The van der Waals surface area contributed by atoms with Gasteiger partial charge in [-0.25, -0.2) is 9.59 Å². The molecule has 1 rings (SSSR count). The van der Waals surface area contributed by atoms with Gasteiger partial charge in [0.05, 0.1) is 34.5 Å². The van der Waals surface area contributed by atoms with Crippen molar-refractivity contribution in [3.8, 4) is 18.1 Å². The fourth-order valence-corrected chi connectivity index (χ4v) is 4.97. The lowest BCUT2D eigenvalue weighted by Crippen LogP contribution is -2.52. The molecule has 0 aromatic heterocycles. The molecule has 3 N–H and O–H groups in total. The van der Waals surface area contributed by atoms with E-state index >= 15 is 0 Å². The summed E-state index contributed by atoms with van der Waals surface area (Å²) in [4.78, 5) is 49.8. The molecule has 36 heavy (non-hydrogen) atoms. The Morgan fingerprint density at radius 2 is 1.69 bits per heavy atom. The van der Waals surface area contributed by atoms with Crippen molar-refractivity contribution in [3.63, 3.8) is 0 Å². The van der Waals surface area contributed by atoms with E-state index in [1.807, 2.05) is 0 Å². The van der Waals surface area contributed by atoms with Gasteiger partial charge in [0.2, 0.25) is 11.8 Å². The van der Waals surface area contributed by atoms with Gasteiger partial charge >= 0.3 is 12.1 Å². The Bertz CT molecular complexity index is 981. The van der Waals surface area contributed by atoms with Crippen LogP contribution in [0.3, 0.4) is 0 Å². The number of carbonyl (C=O) groups is 4. The van der Waals surface area contributed by atoms with Crippen molar-refractivity contribution in [1.82, 2.24) is 16.0 Å². The Morgan fingerprint density at radius 3 is 2.19 bits per heavy atom. The van der Waals surface area contributed by atoms with Crippen LogP contribution in [-0.2, 0) is 28.6 Å². The molecule has 2 atom stereocenters. The normalized spacial score (nSPS) is 12.4. The first-order valence-corrected chi connectivity index (χ1v) is 12.7. The number of esters is 1. The van der Waals surface area contributed by atoms with Crippen LogP contribution in [-0.4, -0.2) is 69.5 Å². The van der Waals surface area contributed by atoms with E-state index < -0.39 is 48.1 Å². The minimum Gasteiger partial charge on any atom is -0.495 e. The van der Waals surface area contributed by atoms with Gasteiger partial charge in [-0.05, 0) is 83.6 Å². The Hall–Kier alpha value is -2.32. The largest absolute Gasteiger partial charge is 0.495 e. The Kier molecular flexibility index (Phi) is 13.3. The first-order chi connectivity index (χ1) is 16.8. The number of nitrogens with one attached hydrogen (secondary N) is 3. The number of ether oxygens (including phenoxy) is 4. The van der Waals surface area contributed by atoms with E-state index in [0.717, 1.165) is 7.14 Å². The maximum absolute atomic E-state index is 12.6. The lowest BCUT2D eigenvalue weighted by molar-refractivity contribution is -0.145. The zero-order chi connectivity index (χ0) is 27.5. The van der Waals surface area contributed by atoms with Crippen LogP contribution in [0.4, 0.5) is 4.79 Å². The van der Waals surface area contributed by atoms with Crippen molar-refractivity contribution in [2.75, 3.05) is 34.0 Å². The fourth-order valence-electron chi connectivity index (χ4n) is 2.71. The van der Waals surface area contributed by atoms with Crippen LogP contribution in [0.15, 0.2) is 12.1 Å². The van der Waals surface area contributed by atoms with Crippen molar-refractivity contribution in [2.45, 2.75) is 38.5 Å². The summed E-state index contributed by atoms with van der Waals surface area (Å²) >= 11 is 4.11. The smallest absolute Gasteiger partial charge is 0.408 e. The molecule has 0 bridgehead atoms. The van der Waals surface area contributed by atoms with Crippen molar-refractivity contribution < 1.29 is 38.1 Å². The number of methoxy groups -OCH3 is 2. The second-order valence-corrected chi connectivity index (χ2v) is 10.5. The monoisotopic (exact) mass is 729 g/mol. The molecule has 11 nitrogen and oxygen atoms in total. The van der Waals surface area contributed by atoms with Gasteiger partial charge in [0, 0.05) is 0 Å². The van der Waals surface area contributed by atoms with Crippen LogP contribution in [0.1, 0.15) is 32.4 Å². The predicted molar refractivity (Wildman–Crippen MR) is 147 cm³/mol. The van der Waals surface area contributed by atoms with Gasteiger partial charge in [0.15, 0.2) is 6.04 Å². The van der Waals surface area contributed by atoms with E-state index in [2.05, 4.69) is 67.1 Å². The molecule has 0 radical (unpaired) electrons. The molecule has 0 aliphatic rings. The number of rotatable bonds is 11. The molecular formula is C23H29I2N3O8. The molecule has 0 aliphatic carbocycles. The van der Waals surface area contributed by atoms with Crippen molar-refractivity contribution in [3.05, 3.63) is 24.8 Å². The van der Waals surface area contributed by atoms with Gasteiger partial charge in [-0.15, -0.1) is 6.42 Å². The van der Waals surface area contributed by atoms with E-state index in [1.54, 1.807) is 32.9 Å². The average Bonchev–Trinajstić information content (AvgIpc) is 2.78. The highest BCUT2D eigenvalue weighted by Gasteiger charge is 2.28. The molecule has 1 aromatic carbocycles. The zero-order valence-electron chi connectivity index (χ0n) is 20.5. The number of benzene rings is 1. The zero-order valence-corrected chi connectivity index (χ0v) is 24.8. The van der Waals surface area contributed by atoms with Gasteiger partial charge in [-0.1, -0.05) is 5.92 Å². The standard InChI is InChI=1S/C23H29I2N3O8/c1-7-8-35-12-16(27-22(32)36-23(2,3)4)20(30)26-11-17(29)28-18(21(31)34-6)13-9-14(24)19(33-5)15(25)10-13/h1,9-10,16,18H,8,11-12H2,2-6H3,(H,26,30)(H,27,32)(H,28,29)/t16-,18-/m0/s1. The van der Waals surface area contributed by atoms with E-state index in [9.17, 15) is 19.2 Å². The third-order valence-corrected chi connectivity index (χ3v) is 5.80. The molecule has 198 valence electrons. The highest BCUT2D eigenvalue weighted by Crippen LogP contribution is 2.31. The first-order valence-electron chi connectivity index (χ1n) is 10.5. The number of halogens is 2. The second kappa shape index (κ2) is 15.1. The summed E-state index contributed by atoms with van der Waals surface area (Å²) in [5.74, 6) is 0.820. The Labute approximate surface area is 237 Å². The Morgan fingerprint density at radius 1 is 1.08 bits per heavy atom. The average molecular weight is 729 g/mol. The molecule has 0 fully saturated rings. The number of terminal acetylenes is 1. The van der Waals surface area contributed by atoms with Gasteiger partial charge in [0.25, 0.3) is 0 Å². The van der Waals surface area contributed by atoms with Crippen LogP contribution >= 0.6 is 45.2 Å². The molecule has 0 aliphatic heterocycles. The molecule has 0 unspecified atom stereocenters. The summed E-state index contributed by atoms with van der Waals surface area (Å²) in [5, 5.41) is 7.34. The molecule has 0 saturated carbocycles. The van der Waals surface area contributed by atoms with Gasteiger partial charge in [-0.3, -0.25) is 9.59 Å². The maximum Gasteiger partial charge on any atom is 0.408 e. The third-order valence-electron chi connectivity index (χ3n) is 4.20. The first kappa shape index (κ1) is 31.7. The summed E-state index contributed by atoms with van der Waals surface area (Å²) in [6.45, 7) is 4.19. The molecule has 0 saturated heterocycles. The van der Waals surface area contributed by atoms with Gasteiger partial charge in [-0.2, -0.15) is 0 Å². The van der Waals surface area contributed by atoms with Crippen LogP contribution in [0.25, 0.3) is 0 Å². The summed E-state index contributed by atoms with van der Waals surface area (Å²) in [7, 11) is 2.73. The van der Waals surface area contributed by atoms with Crippen LogP contribution < -0.4 is 20.7 Å².